The first kappa shape index (κ1) is 18.1. The number of anilines is 1. The molecule has 1 N–H and O–H groups in total. The number of pyridine rings is 1. The Bertz CT molecular complexity index is 1090. The lowest BCUT2D eigenvalue weighted by atomic mass is 9.94. The molecule has 0 saturated carbocycles. The first-order chi connectivity index (χ1) is 13.5. The number of carbonyl (C=O) groups excluding carboxylic acids is 2. The normalized spacial score (nSPS) is 18.6. The van der Waals surface area contributed by atoms with Crippen LogP contribution in [0.3, 0.4) is 0 Å². The molecule has 1 unspecified atom stereocenters. The second-order valence-electron chi connectivity index (χ2n) is 6.59. The van der Waals surface area contributed by atoms with Gasteiger partial charge in [0.05, 0.1) is 11.6 Å². The molecular weight excluding hydrogens is 374 g/mol. The number of hydrogen-bond acceptors (Lipinski definition) is 6. The lowest BCUT2D eigenvalue weighted by Gasteiger charge is -2.22. The van der Waals surface area contributed by atoms with Crippen LogP contribution in [0.2, 0.25) is 0 Å². The summed E-state index contributed by atoms with van der Waals surface area (Å²) in [6.07, 6.45) is 4.78. The first-order valence-electron chi connectivity index (χ1n) is 8.67. The number of Topliss-reactive ketones (excluding diaryl/α,β-unsaturated/α-hetero) is 1. The molecule has 2 aromatic heterocycles. The molecule has 0 radical (unpaired) electrons. The van der Waals surface area contributed by atoms with Crippen LogP contribution < -0.4 is 4.90 Å². The summed E-state index contributed by atoms with van der Waals surface area (Å²) in [4.78, 5) is 35.5. The van der Waals surface area contributed by atoms with Crippen molar-refractivity contribution in [2.75, 3.05) is 4.90 Å². The SMILES string of the molecule is Cc1ccc(C)c(/C(O)=C2\C(=O)C(=O)N(c3nccs3)C2c2cccnc2)c1. The number of rotatable bonds is 3. The van der Waals surface area contributed by atoms with E-state index in [1.54, 1.807) is 36.1 Å². The number of nitrogens with zero attached hydrogens (tertiary/aromatic N) is 3. The topological polar surface area (TPSA) is 83.4 Å². The molecule has 3 heterocycles. The number of aromatic nitrogens is 2. The molecule has 6 nitrogen and oxygen atoms in total. The fraction of sp³-hybridized carbons (Fsp3) is 0.143. The van der Waals surface area contributed by atoms with Crippen LogP contribution in [-0.4, -0.2) is 26.8 Å². The smallest absolute Gasteiger partial charge is 0.301 e. The fourth-order valence-corrected chi connectivity index (χ4v) is 4.02. The van der Waals surface area contributed by atoms with E-state index in [1.807, 2.05) is 32.0 Å². The number of ketones is 1. The van der Waals surface area contributed by atoms with Gasteiger partial charge in [-0.3, -0.25) is 19.5 Å². The van der Waals surface area contributed by atoms with Crippen molar-refractivity contribution in [3.63, 3.8) is 0 Å². The molecule has 1 amide bonds. The van der Waals surface area contributed by atoms with E-state index in [0.29, 0.717) is 16.3 Å². The second kappa shape index (κ2) is 7.01. The molecule has 4 rings (SSSR count). The maximum atomic E-state index is 13.0. The minimum Gasteiger partial charge on any atom is -0.507 e. The van der Waals surface area contributed by atoms with Crippen LogP contribution >= 0.6 is 11.3 Å². The Balaban J connectivity index is 1.97. The predicted octanol–water partition coefficient (Wildman–Crippen LogP) is 3.78. The van der Waals surface area contributed by atoms with E-state index >= 15 is 0 Å². The van der Waals surface area contributed by atoms with Crippen molar-refractivity contribution in [3.8, 4) is 0 Å². The highest BCUT2D eigenvalue weighted by Crippen LogP contribution is 2.42. The number of hydrogen-bond donors (Lipinski definition) is 1. The monoisotopic (exact) mass is 391 g/mol. The molecule has 7 heteroatoms. The van der Waals surface area contributed by atoms with Gasteiger partial charge in [-0.25, -0.2) is 4.98 Å². The zero-order valence-electron chi connectivity index (χ0n) is 15.3. The van der Waals surface area contributed by atoms with Crippen molar-refractivity contribution in [2.45, 2.75) is 19.9 Å². The number of amides is 1. The summed E-state index contributed by atoms with van der Waals surface area (Å²) in [7, 11) is 0. The molecule has 3 aromatic rings. The summed E-state index contributed by atoms with van der Waals surface area (Å²) in [6, 6.07) is 8.33. The highest BCUT2D eigenvalue weighted by molar-refractivity contribution is 7.14. The minimum atomic E-state index is -0.792. The minimum absolute atomic E-state index is 0.0434. The third-order valence-corrected chi connectivity index (χ3v) is 5.49. The quantitative estimate of drug-likeness (QED) is 0.417. The van der Waals surface area contributed by atoms with Gasteiger partial charge in [0.25, 0.3) is 5.78 Å². The van der Waals surface area contributed by atoms with E-state index in [-0.39, 0.29) is 11.3 Å². The lowest BCUT2D eigenvalue weighted by molar-refractivity contribution is -0.132. The number of benzene rings is 1. The largest absolute Gasteiger partial charge is 0.507 e. The van der Waals surface area contributed by atoms with Crippen LogP contribution in [-0.2, 0) is 9.59 Å². The standard InChI is InChI=1S/C21H17N3O3S/c1-12-5-6-13(2)15(10-12)18(25)16-17(14-4-3-7-22-11-14)24(20(27)19(16)26)21-23-8-9-28-21/h3-11,17,25H,1-2H3/b18-16+. The molecule has 1 fully saturated rings. The Morgan fingerprint density at radius 2 is 2.00 bits per heavy atom. The van der Waals surface area contributed by atoms with Gasteiger partial charge in [0.2, 0.25) is 0 Å². The second-order valence-corrected chi connectivity index (χ2v) is 7.46. The summed E-state index contributed by atoms with van der Waals surface area (Å²) >= 11 is 1.26. The highest BCUT2D eigenvalue weighted by atomic mass is 32.1. The predicted molar refractivity (Wildman–Crippen MR) is 107 cm³/mol. The maximum Gasteiger partial charge on any atom is 0.301 e. The molecule has 140 valence electrons. The molecule has 1 saturated heterocycles. The average Bonchev–Trinajstić information content (AvgIpc) is 3.31. The Hall–Kier alpha value is -3.32. The summed E-state index contributed by atoms with van der Waals surface area (Å²) in [5, 5.41) is 13.2. The maximum absolute atomic E-state index is 13.0. The van der Waals surface area contributed by atoms with Crippen LogP contribution in [0, 0.1) is 13.8 Å². The van der Waals surface area contributed by atoms with E-state index in [9.17, 15) is 14.7 Å². The molecule has 1 aliphatic rings. The summed E-state index contributed by atoms with van der Waals surface area (Å²) in [5.74, 6) is -1.63. The first-order valence-corrected chi connectivity index (χ1v) is 9.55. The highest BCUT2D eigenvalue weighted by Gasteiger charge is 2.48. The molecule has 0 aliphatic carbocycles. The van der Waals surface area contributed by atoms with E-state index < -0.39 is 17.7 Å². The number of aliphatic hydroxyl groups is 1. The van der Waals surface area contributed by atoms with Crippen molar-refractivity contribution in [3.05, 3.63) is 82.1 Å². The van der Waals surface area contributed by atoms with E-state index in [4.69, 9.17) is 0 Å². The zero-order chi connectivity index (χ0) is 19.8. The van der Waals surface area contributed by atoms with Crippen LogP contribution in [0.15, 0.2) is 59.9 Å². The molecular formula is C21H17N3O3S. The van der Waals surface area contributed by atoms with Gasteiger partial charge < -0.3 is 5.11 Å². The Morgan fingerprint density at radius 3 is 2.68 bits per heavy atom. The number of aryl methyl sites for hydroxylation is 2. The summed E-state index contributed by atoms with van der Waals surface area (Å²) in [6.45, 7) is 3.76. The van der Waals surface area contributed by atoms with Crippen LogP contribution in [0.4, 0.5) is 5.13 Å². The van der Waals surface area contributed by atoms with E-state index in [1.165, 1.54) is 16.2 Å². The fourth-order valence-electron chi connectivity index (χ4n) is 3.35. The molecule has 1 aliphatic heterocycles. The van der Waals surface area contributed by atoms with Crippen molar-refractivity contribution in [2.24, 2.45) is 0 Å². The van der Waals surface area contributed by atoms with Gasteiger partial charge in [0.15, 0.2) is 5.13 Å². The van der Waals surface area contributed by atoms with E-state index in [0.717, 1.165) is 11.1 Å². The number of thiazole rings is 1. The van der Waals surface area contributed by atoms with Crippen molar-refractivity contribution >= 4 is 33.9 Å². The molecule has 0 spiro atoms. The lowest BCUT2D eigenvalue weighted by Crippen LogP contribution is -2.29. The van der Waals surface area contributed by atoms with Gasteiger partial charge in [0.1, 0.15) is 5.76 Å². The van der Waals surface area contributed by atoms with Gasteiger partial charge in [0, 0.05) is 29.5 Å². The third-order valence-electron chi connectivity index (χ3n) is 4.72. The van der Waals surface area contributed by atoms with Gasteiger partial charge in [-0.15, -0.1) is 11.3 Å². The summed E-state index contributed by atoms with van der Waals surface area (Å²) in [5.41, 5.74) is 2.96. The van der Waals surface area contributed by atoms with Gasteiger partial charge >= 0.3 is 5.91 Å². The zero-order valence-corrected chi connectivity index (χ0v) is 16.1. The molecule has 1 atom stereocenters. The molecule has 0 bridgehead atoms. The van der Waals surface area contributed by atoms with Crippen molar-refractivity contribution in [1.29, 1.82) is 0 Å². The van der Waals surface area contributed by atoms with E-state index in [2.05, 4.69) is 9.97 Å². The van der Waals surface area contributed by atoms with Gasteiger partial charge in [-0.1, -0.05) is 23.8 Å². The molecule has 1 aromatic carbocycles. The Labute approximate surface area is 165 Å². The number of aliphatic hydroxyl groups excluding tert-OH is 1. The van der Waals surface area contributed by atoms with Crippen molar-refractivity contribution < 1.29 is 14.7 Å². The van der Waals surface area contributed by atoms with Crippen LogP contribution in [0.25, 0.3) is 5.76 Å². The molecule has 28 heavy (non-hydrogen) atoms. The van der Waals surface area contributed by atoms with Gasteiger partial charge in [-0.2, -0.15) is 0 Å². The average molecular weight is 391 g/mol. The third kappa shape index (κ3) is 2.90. The number of carbonyl (C=O) groups is 2. The van der Waals surface area contributed by atoms with Crippen LogP contribution in [0.5, 0.6) is 0 Å². The Kier molecular flexibility index (Phi) is 4.52. The summed E-state index contributed by atoms with van der Waals surface area (Å²) < 4.78 is 0. The van der Waals surface area contributed by atoms with Crippen LogP contribution in [0.1, 0.15) is 28.3 Å². The van der Waals surface area contributed by atoms with Gasteiger partial charge in [-0.05, 0) is 37.1 Å². The Morgan fingerprint density at radius 1 is 1.18 bits per heavy atom. The van der Waals surface area contributed by atoms with Crippen molar-refractivity contribution in [1.82, 2.24) is 9.97 Å².